The molecule has 0 heterocycles. The van der Waals surface area contributed by atoms with Gasteiger partial charge in [-0.15, -0.1) is 0 Å². The average Bonchev–Trinajstić information content (AvgIpc) is 3.14. The molecule has 2 spiro atoms. The monoisotopic (exact) mass is 665 g/mol. The third-order valence-electron chi connectivity index (χ3n) is 15.6. The number of carbonyl (C=O) groups excluding carboxylic acids is 2. The fourth-order valence-electron chi connectivity index (χ4n) is 12.2. The molecule has 0 bridgehead atoms. The van der Waals surface area contributed by atoms with Crippen LogP contribution < -0.4 is 0 Å². The first-order valence-corrected chi connectivity index (χ1v) is 22.6. The quantitative estimate of drug-likeness (QED) is 0.0958. The lowest BCUT2D eigenvalue weighted by atomic mass is 9.41. The predicted molar refractivity (Wildman–Crippen MR) is 204 cm³/mol. The molecule has 5 saturated carbocycles. The van der Waals surface area contributed by atoms with Crippen LogP contribution in [-0.4, -0.2) is 11.6 Å². The molecule has 0 radical (unpaired) electrons. The van der Waals surface area contributed by atoms with E-state index in [-0.39, 0.29) is 0 Å². The Bertz CT molecular complexity index is 826. The second kappa shape index (κ2) is 19.8. The van der Waals surface area contributed by atoms with E-state index in [0.29, 0.717) is 11.6 Å². The van der Waals surface area contributed by atoms with E-state index < -0.39 is 10.8 Å². The van der Waals surface area contributed by atoms with Crippen molar-refractivity contribution in [3.63, 3.8) is 0 Å². The van der Waals surface area contributed by atoms with Crippen LogP contribution >= 0.6 is 0 Å². The minimum absolute atomic E-state index is 0.417. The molecule has 276 valence electrons. The van der Waals surface area contributed by atoms with Gasteiger partial charge in [0, 0.05) is 0 Å². The average molecular weight is 665 g/mol. The zero-order valence-electron chi connectivity index (χ0n) is 32.3. The third-order valence-corrected chi connectivity index (χ3v) is 15.6. The minimum Gasteiger partial charge on any atom is -0.297 e. The van der Waals surface area contributed by atoms with Gasteiger partial charge in [-0.25, -0.2) is 0 Å². The van der Waals surface area contributed by atoms with Crippen molar-refractivity contribution in [3.05, 3.63) is 0 Å². The molecule has 5 aliphatic carbocycles. The highest BCUT2D eigenvalue weighted by atomic mass is 16.2. The maximum absolute atomic E-state index is 14.0. The van der Waals surface area contributed by atoms with E-state index >= 15 is 0 Å². The fourth-order valence-corrected chi connectivity index (χ4v) is 12.2. The first-order chi connectivity index (χ1) is 23.5. The molecule has 0 saturated heterocycles. The number of ketones is 2. The maximum Gasteiger partial charge on any atom is 0.159 e. The Balaban J connectivity index is 0.931. The molecule has 0 N–H and O–H groups in total. The van der Waals surface area contributed by atoms with E-state index in [1.807, 2.05) is 0 Å². The van der Waals surface area contributed by atoms with Gasteiger partial charge in [0.2, 0.25) is 0 Å². The molecular formula is C46H80O2. The lowest BCUT2D eigenvalue weighted by molar-refractivity contribution is -0.179. The number of hydrogen-bond donors (Lipinski definition) is 0. The molecule has 0 aliphatic heterocycles. The summed E-state index contributed by atoms with van der Waals surface area (Å²) in [4.78, 5) is 28.0. The van der Waals surface area contributed by atoms with Crippen molar-refractivity contribution in [3.8, 4) is 0 Å². The number of Topliss-reactive ketones (excluding diaryl/α,β-unsaturated/α-hetero) is 2. The Morgan fingerprint density at radius 3 is 0.958 bits per heavy atom. The van der Waals surface area contributed by atoms with Crippen molar-refractivity contribution in [2.24, 2.45) is 46.3 Å². The van der Waals surface area contributed by atoms with Crippen molar-refractivity contribution < 1.29 is 9.59 Å². The normalized spacial score (nSPS) is 35.7. The van der Waals surface area contributed by atoms with Gasteiger partial charge in [0.05, 0.1) is 10.8 Å². The van der Waals surface area contributed by atoms with Crippen LogP contribution in [0.5, 0.6) is 0 Å². The van der Waals surface area contributed by atoms with Gasteiger partial charge in [-0.3, -0.25) is 9.59 Å². The van der Waals surface area contributed by atoms with Crippen molar-refractivity contribution in [1.82, 2.24) is 0 Å². The summed E-state index contributed by atoms with van der Waals surface area (Å²) in [6.07, 6.45) is 45.3. The number of rotatable bonds is 20. The highest BCUT2D eigenvalue weighted by Crippen LogP contribution is 2.63. The Morgan fingerprint density at radius 1 is 0.375 bits per heavy atom. The van der Waals surface area contributed by atoms with Gasteiger partial charge in [0.1, 0.15) is 0 Å². The molecule has 0 aromatic rings. The first-order valence-electron chi connectivity index (χ1n) is 22.6. The number of hydrogen-bond acceptors (Lipinski definition) is 2. The standard InChI is InChI=1S/C46H80O2/c1-3-5-7-9-11-13-15-17-19-37-21-25-39(26-22-37)41-29-33-45(34-30-41)43(47)46(44(45)48)35-31-42(32-36-46)40-27-23-38(24-28-40)20-18-16-14-12-10-8-6-4-2/h37-42H,3-36H2,1-2H3. The van der Waals surface area contributed by atoms with E-state index in [1.165, 1.54) is 167 Å². The smallest absolute Gasteiger partial charge is 0.159 e. The largest absolute Gasteiger partial charge is 0.297 e. The van der Waals surface area contributed by atoms with E-state index in [1.54, 1.807) is 0 Å². The van der Waals surface area contributed by atoms with Crippen LogP contribution in [0, 0.1) is 46.3 Å². The summed E-state index contributed by atoms with van der Waals surface area (Å²) in [6.45, 7) is 4.61. The molecule has 5 aliphatic rings. The Hall–Kier alpha value is -0.660. The molecule has 2 nitrogen and oxygen atoms in total. The molecule has 0 aromatic carbocycles. The Morgan fingerprint density at radius 2 is 0.646 bits per heavy atom. The second-order valence-corrected chi connectivity index (χ2v) is 18.6. The van der Waals surface area contributed by atoms with Crippen LogP contribution in [0.4, 0.5) is 0 Å². The van der Waals surface area contributed by atoms with Gasteiger partial charge in [-0.1, -0.05) is 155 Å². The minimum atomic E-state index is -0.551. The van der Waals surface area contributed by atoms with Crippen molar-refractivity contribution in [1.29, 1.82) is 0 Å². The fraction of sp³-hybridized carbons (Fsp3) is 0.957. The van der Waals surface area contributed by atoms with Gasteiger partial charge in [-0.05, 0) is 113 Å². The molecule has 5 fully saturated rings. The van der Waals surface area contributed by atoms with Crippen LogP contribution in [0.15, 0.2) is 0 Å². The van der Waals surface area contributed by atoms with E-state index in [9.17, 15) is 9.59 Å². The van der Waals surface area contributed by atoms with E-state index in [4.69, 9.17) is 0 Å². The van der Waals surface area contributed by atoms with Crippen LogP contribution in [-0.2, 0) is 9.59 Å². The highest BCUT2D eigenvalue weighted by Gasteiger charge is 2.71. The third kappa shape index (κ3) is 9.81. The lowest BCUT2D eigenvalue weighted by Gasteiger charge is -2.58. The summed E-state index contributed by atoms with van der Waals surface area (Å²) in [5, 5.41) is 0. The lowest BCUT2D eigenvalue weighted by Crippen LogP contribution is -2.68. The van der Waals surface area contributed by atoms with Crippen LogP contribution in [0.1, 0.15) is 232 Å². The Kier molecular flexibility index (Phi) is 15.9. The zero-order chi connectivity index (χ0) is 33.7. The van der Waals surface area contributed by atoms with E-state index in [0.717, 1.165) is 86.9 Å². The van der Waals surface area contributed by atoms with Crippen molar-refractivity contribution in [2.75, 3.05) is 0 Å². The van der Waals surface area contributed by atoms with Gasteiger partial charge in [0.25, 0.3) is 0 Å². The van der Waals surface area contributed by atoms with Crippen LogP contribution in [0.25, 0.3) is 0 Å². The molecule has 0 aromatic heterocycles. The predicted octanol–water partition coefficient (Wildman–Crippen LogP) is 14.2. The van der Waals surface area contributed by atoms with Crippen molar-refractivity contribution in [2.45, 2.75) is 232 Å². The van der Waals surface area contributed by atoms with Gasteiger partial charge < -0.3 is 0 Å². The summed E-state index contributed by atoms with van der Waals surface area (Å²) in [5.41, 5.74) is -1.10. The van der Waals surface area contributed by atoms with Crippen LogP contribution in [0.3, 0.4) is 0 Å². The topological polar surface area (TPSA) is 34.1 Å². The molecule has 0 unspecified atom stereocenters. The zero-order valence-corrected chi connectivity index (χ0v) is 32.3. The molecule has 48 heavy (non-hydrogen) atoms. The first kappa shape index (κ1) is 38.6. The van der Waals surface area contributed by atoms with Gasteiger partial charge >= 0.3 is 0 Å². The number of carbonyl (C=O) groups is 2. The molecule has 2 heteroatoms. The van der Waals surface area contributed by atoms with Crippen molar-refractivity contribution >= 4 is 11.6 Å². The highest BCUT2D eigenvalue weighted by molar-refractivity contribution is 6.30. The Labute approximate surface area is 298 Å². The summed E-state index contributed by atoms with van der Waals surface area (Å²) in [6, 6.07) is 0. The molecule has 0 atom stereocenters. The summed E-state index contributed by atoms with van der Waals surface area (Å²) < 4.78 is 0. The van der Waals surface area contributed by atoms with Gasteiger partial charge in [-0.2, -0.15) is 0 Å². The molecule has 0 amide bonds. The van der Waals surface area contributed by atoms with Crippen LogP contribution in [0.2, 0.25) is 0 Å². The summed E-state index contributed by atoms with van der Waals surface area (Å²) >= 11 is 0. The maximum atomic E-state index is 14.0. The van der Waals surface area contributed by atoms with Gasteiger partial charge in [0.15, 0.2) is 11.6 Å². The SMILES string of the molecule is CCCCCCCCCCC1CCC(C2CCC3(CC2)C(=O)C2(CCC(C4CCC(CCCCCCCCCC)CC4)CC2)C3=O)CC1. The number of unbranched alkanes of at least 4 members (excludes halogenated alkanes) is 14. The molecule has 5 rings (SSSR count). The molecular weight excluding hydrogens is 585 g/mol. The van der Waals surface area contributed by atoms with E-state index in [2.05, 4.69) is 13.8 Å². The summed E-state index contributed by atoms with van der Waals surface area (Å²) in [5.74, 6) is 6.05. The summed E-state index contributed by atoms with van der Waals surface area (Å²) in [7, 11) is 0. The second-order valence-electron chi connectivity index (χ2n) is 18.6.